The van der Waals surface area contributed by atoms with Gasteiger partial charge in [-0.25, -0.2) is 21.8 Å². The molecule has 0 bridgehead atoms. The van der Waals surface area contributed by atoms with E-state index < -0.39 is 19.9 Å². The van der Waals surface area contributed by atoms with Gasteiger partial charge in [-0.05, 0) is 54.3 Å². The van der Waals surface area contributed by atoms with Crippen LogP contribution in [0.3, 0.4) is 0 Å². The van der Waals surface area contributed by atoms with Gasteiger partial charge in [-0.3, -0.25) is 4.72 Å². The van der Waals surface area contributed by atoms with Crippen molar-refractivity contribution in [1.82, 2.24) is 4.98 Å². The zero-order chi connectivity index (χ0) is 21.6. The number of nitrogens with zero attached hydrogens (tertiary/aromatic N) is 1. The third kappa shape index (κ3) is 4.39. The SMILES string of the molecule is COc1cc(C)c(C(C)C)cc1S(=O)(=O)Nc1nc2ccc(S(C)(=O)=O)cc2s1. The highest BCUT2D eigenvalue weighted by Crippen LogP contribution is 2.34. The van der Waals surface area contributed by atoms with E-state index in [-0.39, 0.29) is 26.6 Å². The van der Waals surface area contributed by atoms with Gasteiger partial charge >= 0.3 is 0 Å². The van der Waals surface area contributed by atoms with E-state index in [1.165, 1.54) is 19.2 Å². The Bertz CT molecular complexity index is 1290. The zero-order valence-electron chi connectivity index (χ0n) is 16.7. The van der Waals surface area contributed by atoms with Crippen LogP contribution in [0, 0.1) is 6.92 Å². The Hall–Kier alpha value is -2.17. The number of hydrogen-bond acceptors (Lipinski definition) is 7. The van der Waals surface area contributed by atoms with Crippen molar-refractivity contribution in [3.05, 3.63) is 41.5 Å². The Balaban J connectivity index is 2.04. The highest BCUT2D eigenvalue weighted by Gasteiger charge is 2.24. The maximum Gasteiger partial charge on any atom is 0.267 e. The molecule has 0 amide bonds. The lowest BCUT2D eigenvalue weighted by Crippen LogP contribution is -2.15. The first-order valence-corrected chi connectivity index (χ1v) is 12.9. The predicted molar refractivity (Wildman–Crippen MR) is 115 cm³/mol. The second-order valence-electron chi connectivity index (χ2n) is 7.04. The van der Waals surface area contributed by atoms with Gasteiger partial charge in [-0.2, -0.15) is 0 Å². The van der Waals surface area contributed by atoms with Crippen molar-refractivity contribution >= 4 is 46.5 Å². The molecule has 3 aromatic rings. The van der Waals surface area contributed by atoms with E-state index >= 15 is 0 Å². The van der Waals surface area contributed by atoms with Crippen molar-refractivity contribution in [3.63, 3.8) is 0 Å². The van der Waals surface area contributed by atoms with E-state index in [0.717, 1.165) is 28.7 Å². The molecule has 29 heavy (non-hydrogen) atoms. The van der Waals surface area contributed by atoms with Crippen molar-refractivity contribution in [3.8, 4) is 5.75 Å². The molecule has 0 atom stereocenters. The number of sulfonamides is 1. The van der Waals surface area contributed by atoms with E-state index in [1.54, 1.807) is 18.2 Å². The fraction of sp³-hybridized carbons (Fsp3) is 0.316. The average molecular weight is 455 g/mol. The summed E-state index contributed by atoms with van der Waals surface area (Å²) in [7, 11) is -5.90. The maximum atomic E-state index is 13.1. The minimum absolute atomic E-state index is 0.0328. The third-order valence-electron chi connectivity index (χ3n) is 4.47. The third-order valence-corrected chi connectivity index (χ3v) is 8.01. The summed E-state index contributed by atoms with van der Waals surface area (Å²) in [5.74, 6) is 0.395. The lowest BCUT2D eigenvalue weighted by Gasteiger charge is -2.16. The first-order valence-electron chi connectivity index (χ1n) is 8.74. The number of methoxy groups -OCH3 is 1. The number of ether oxygens (including phenoxy) is 1. The predicted octanol–water partition coefficient (Wildman–Crippen LogP) is 3.94. The van der Waals surface area contributed by atoms with Crippen molar-refractivity contribution in [2.45, 2.75) is 36.5 Å². The molecule has 1 N–H and O–H groups in total. The van der Waals surface area contributed by atoms with E-state index in [9.17, 15) is 16.8 Å². The summed E-state index contributed by atoms with van der Waals surface area (Å²) < 4.78 is 57.9. The van der Waals surface area contributed by atoms with Crippen molar-refractivity contribution in [2.75, 3.05) is 18.1 Å². The molecule has 3 rings (SSSR count). The Morgan fingerprint density at radius 2 is 1.79 bits per heavy atom. The van der Waals surface area contributed by atoms with Gasteiger partial charge in [0.15, 0.2) is 15.0 Å². The molecule has 0 aliphatic heterocycles. The molecular weight excluding hydrogens is 432 g/mol. The fourth-order valence-electron chi connectivity index (χ4n) is 3.02. The summed E-state index contributed by atoms with van der Waals surface area (Å²) in [6.45, 7) is 5.89. The molecule has 0 saturated carbocycles. The number of anilines is 1. The second-order valence-corrected chi connectivity index (χ2v) is 11.7. The van der Waals surface area contributed by atoms with E-state index in [1.807, 2.05) is 20.8 Å². The van der Waals surface area contributed by atoms with Crippen LogP contribution in [0.2, 0.25) is 0 Å². The number of aryl methyl sites for hydroxylation is 1. The van der Waals surface area contributed by atoms with Crippen LogP contribution in [0.5, 0.6) is 5.75 Å². The number of benzene rings is 2. The van der Waals surface area contributed by atoms with Gasteiger partial charge in [-0.15, -0.1) is 0 Å². The molecule has 156 valence electrons. The highest BCUT2D eigenvalue weighted by atomic mass is 32.2. The van der Waals surface area contributed by atoms with Crippen molar-refractivity contribution in [1.29, 1.82) is 0 Å². The summed E-state index contributed by atoms with van der Waals surface area (Å²) in [4.78, 5) is 4.46. The van der Waals surface area contributed by atoms with Crippen molar-refractivity contribution in [2.24, 2.45) is 0 Å². The molecule has 2 aromatic carbocycles. The molecule has 0 fully saturated rings. The Morgan fingerprint density at radius 1 is 1.10 bits per heavy atom. The van der Waals surface area contributed by atoms with Crippen LogP contribution in [0.25, 0.3) is 10.2 Å². The summed E-state index contributed by atoms with van der Waals surface area (Å²) in [5.41, 5.74) is 2.37. The number of rotatable bonds is 6. The molecule has 0 unspecified atom stereocenters. The standard InChI is InChI=1S/C19H22N2O5S3/c1-11(2)14-10-18(16(26-4)8-12(14)3)29(24,25)21-19-20-15-7-6-13(28(5,22)23)9-17(15)27-19/h6-11H,1-5H3,(H,20,21). The fourth-order valence-corrected chi connectivity index (χ4v) is 6.07. The molecular formula is C19H22N2O5S3. The number of fused-ring (bicyclic) bond motifs is 1. The molecule has 1 heterocycles. The second kappa shape index (κ2) is 7.58. The quantitative estimate of drug-likeness (QED) is 0.605. The highest BCUT2D eigenvalue weighted by molar-refractivity contribution is 7.93. The molecule has 10 heteroatoms. The molecule has 0 saturated heterocycles. The Morgan fingerprint density at radius 3 is 2.38 bits per heavy atom. The maximum absolute atomic E-state index is 13.1. The van der Waals surface area contributed by atoms with Crippen LogP contribution >= 0.6 is 11.3 Å². The molecule has 0 aliphatic rings. The van der Waals surface area contributed by atoms with E-state index in [2.05, 4.69) is 9.71 Å². The summed E-state index contributed by atoms with van der Waals surface area (Å²) in [6.07, 6.45) is 1.12. The Kier molecular flexibility index (Phi) is 5.63. The number of thiazole rings is 1. The summed E-state index contributed by atoms with van der Waals surface area (Å²) in [6, 6.07) is 7.83. The van der Waals surface area contributed by atoms with Crippen LogP contribution < -0.4 is 9.46 Å². The molecule has 0 aliphatic carbocycles. The van der Waals surface area contributed by atoms with Crippen LogP contribution in [-0.4, -0.2) is 35.2 Å². The Labute approximate surface area is 174 Å². The van der Waals surface area contributed by atoms with Crippen LogP contribution in [0.1, 0.15) is 30.9 Å². The summed E-state index contributed by atoms with van der Waals surface area (Å²) >= 11 is 1.07. The number of aromatic nitrogens is 1. The average Bonchev–Trinajstić information content (AvgIpc) is 3.00. The van der Waals surface area contributed by atoms with E-state index in [4.69, 9.17) is 4.74 Å². The number of hydrogen-bond donors (Lipinski definition) is 1. The zero-order valence-corrected chi connectivity index (χ0v) is 19.1. The van der Waals surface area contributed by atoms with E-state index in [0.29, 0.717) is 10.2 Å². The van der Waals surface area contributed by atoms with Gasteiger partial charge in [-0.1, -0.05) is 25.2 Å². The van der Waals surface area contributed by atoms with Gasteiger partial charge in [0.2, 0.25) is 0 Å². The van der Waals surface area contributed by atoms with Gasteiger partial charge in [0, 0.05) is 6.26 Å². The smallest absolute Gasteiger partial charge is 0.267 e. The monoisotopic (exact) mass is 454 g/mol. The van der Waals surface area contributed by atoms with Crippen LogP contribution in [-0.2, 0) is 19.9 Å². The molecule has 1 aromatic heterocycles. The minimum atomic E-state index is -3.96. The van der Waals surface area contributed by atoms with Crippen LogP contribution in [0.4, 0.5) is 5.13 Å². The molecule has 7 nitrogen and oxygen atoms in total. The summed E-state index contributed by atoms with van der Waals surface area (Å²) in [5, 5.41) is 0.152. The largest absolute Gasteiger partial charge is 0.495 e. The lowest BCUT2D eigenvalue weighted by molar-refractivity contribution is 0.402. The van der Waals surface area contributed by atoms with Gasteiger partial charge < -0.3 is 4.74 Å². The topological polar surface area (TPSA) is 102 Å². The van der Waals surface area contributed by atoms with Crippen molar-refractivity contribution < 1.29 is 21.6 Å². The van der Waals surface area contributed by atoms with Gasteiger partial charge in [0.05, 0.1) is 22.2 Å². The molecule has 0 spiro atoms. The first-order chi connectivity index (χ1) is 13.4. The minimum Gasteiger partial charge on any atom is -0.495 e. The molecule has 0 radical (unpaired) electrons. The lowest BCUT2D eigenvalue weighted by atomic mass is 9.98. The number of sulfone groups is 1. The first kappa shape index (κ1) is 21.5. The van der Waals surface area contributed by atoms with Gasteiger partial charge in [0.1, 0.15) is 10.6 Å². The van der Waals surface area contributed by atoms with Gasteiger partial charge in [0.25, 0.3) is 10.0 Å². The number of nitrogens with one attached hydrogen (secondary N) is 1. The van der Waals surface area contributed by atoms with Crippen LogP contribution in [0.15, 0.2) is 40.1 Å². The normalized spacial score (nSPS) is 12.5.